The second kappa shape index (κ2) is 6.05. The van der Waals surface area contributed by atoms with Gasteiger partial charge in [-0.25, -0.2) is 0 Å². The Labute approximate surface area is 89.4 Å². The van der Waals surface area contributed by atoms with Crippen LogP contribution < -0.4 is 0 Å². The van der Waals surface area contributed by atoms with Crippen molar-refractivity contribution in [3.8, 4) is 0 Å². The minimum atomic E-state index is 0.166. The molecule has 0 fully saturated rings. The summed E-state index contributed by atoms with van der Waals surface area (Å²) in [6, 6.07) is 0. The van der Waals surface area contributed by atoms with Crippen LogP contribution in [0.25, 0.3) is 0 Å². The second-order valence-electron chi connectivity index (χ2n) is 4.78. The van der Waals surface area contributed by atoms with Gasteiger partial charge in [-0.05, 0) is 12.8 Å². The molecule has 2 heteroatoms. The van der Waals surface area contributed by atoms with E-state index in [2.05, 4.69) is 44.5 Å². The van der Waals surface area contributed by atoms with Gasteiger partial charge in [-0.15, -0.1) is 0 Å². The van der Waals surface area contributed by atoms with Crippen molar-refractivity contribution in [2.75, 3.05) is 20.1 Å². The van der Waals surface area contributed by atoms with E-state index in [1.54, 1.807) is 0 Å². The third kappa shape index (κ3) is 4.12. The molecule has 84 valence electrons. The van der Waals surface area contributed by atoms with Crippen LogP contribution in [0.3, 0.4) is 0 Å². The summed E-state index contributed by atoms with van der Waals surface area (Å²) >= 11 is 0. The molecule has 0 aliphatic carbocycles. The van der Waals surface area contributed by atoms with Crippen LogP contribution in [0.5, 0.6) is 0 Å². The molecule has 0 amide bonds. The fraction of sp³-hybridized carbons (Fsp3) is 0.917. The van der Waals surface area contributed by atoms with E-state index in [4.69, 9.17) is 0 Å². The molecule has 0 radical (unpaired) electrons. The summed E-state index contributed by atoms with van der Waals surface area (Å²) < 4.78 is 0. The van der Waals surface area contributed by atoms with E-state index in [-0.39, 0.29) is 5.41 Å². The first-order valence-electron chi connectivity index (χ1n) is 5.69. The quantitative estimate of drug-likeness (QED) is 0.500. The first kappa shape index (κ1) is 13.5. The van der Waals surface area contributed by atoms with E-state index in [9.17, 15) is 0 Å². The Kier molecular flexibility index (Phi) is 5.82. The average Bonchev–Trinajstić information content (AvgIpc) is 2.03. The van der Waals surface area contributed by atoms with Crippen LogP contribution >= 0.6 is 0 Å². The number of nitrogens with zero attached hydrogens (tertiary/aromatic N) is 2. The van der Waals surface area contributed by atoms with E-state index < -0.39 is 0 Å². The van der Waals surface area contributed by atoms with Crippen molar-refractivity contribution in [2.24, 2.45) is 10.4 Å². The summed E-state index contributed by atoms with van der Waals surface area (Å²) in [5, 5.41) is 0. The fourth-order valence-electron chi connectivity index (χ4n) is 1.81. The summed E-state index contributed by atoms with van der Waals surface area (Å²) in [6.45, 7) is 13.4. The highest BCUT2D eigenvalue weighted by Gasteiger charge is 2.23. The van der Waals surface area contributed by atoms with Gasteiger partial charge in [-0.1, -0.05) is 34.6 Å². The molecule has 0 rings (SSSR count). The highest BCUT2D eigenvalue weighted by molar-refractivity contribution is 5.87. The van der Waals surface area contributed by atoms with Crippen LogP contribution in [0.2, 0.25) is 0 Å². The standard InChI is InChI=1S/C12H26N2/c1-7-9-14(10-8-2)11(13-6)12(3,4)5/h7-10H2,1-6H3. The highest BCUT2D eigenvalue weighted by atomic mass is 15.2. The third-order valence-electron chi connectivity index (χ3n) is 2.17. The predicted octanol–water partition coefficient (Wildman–Crippen LogP) is 3.18. The molecule has 0 spiro atoms. The van der Waals surface area contributed by atoms with Gasteiger partial charge >= 0.3 is 0 Å². The predicted molar refractivity (Wildman–Crippen MR) is 65.0 cm³/mol. The maximum Gasteiger partial charge on any atom is 0.104 e. The Morgan fingerprint density at radius 3 is 1.71 bits per heavy atom. The molecule has 0 aromatic carbocycles. The number of amidine groups is 1. The van der Waals surface area contributed by atoms with Crippen LogP contribution in [-0.4, -0.2) is 30.9 Å². The fourth-order valence-corrected chi connectivity index (χ4v) is 1.81. The van der Waals surface area contributed by atoms with Crippen molar-refractivity contribution < 1.29 is 0 Å². The van der Waals surface area contributed by atoms with E-state index in [0.29, 0.717) is 0 Å². The van der Waals surface area contributed by atoms with Crippen LogP contribution in [0.4, 0.5) is 0 Å². The Morgan fingerprint density at radius 2 is 1.50 bits per heavy atom. The van der Waals surface area contributed by atoms with Gasteiger partial charge in [0, 0.05) is 25.6 Å². The van der Waals surface area contributed by atoms with Crippen molar-refractivity contribution in [3.05, 3.63) is 0 Å². The van der Waals surface area contributed by atoms with Gasteiger partial charge in [-0.3, -0.25) is 4.99 Å². The summed E-state index contributed by atoms with van der Waals surface area (Å²) in [5.41, 5.74) is 0.166. The number of hydrogen-bond acceptors (Lipinski definition) is 1. The van der Waals surface area contributed by atoms with Crippen molar-refractivity contribution in [1.82, 2.24) is 4.90 Å². The normalized spacial score (nSPS) is 13.1. The molecule has 0 heterocycles. The minimum Gasteiger partial charge on any atom is -0.360 e. The Morgan fingerprint density at radius 1 is 1.07 bits per heavy atom. The van der Waals surface area contributed by atoms with E-state index in [1.807, 2.05) is 7.05 Å². The zero-order valence-corrected chi connectivity index (χ0v) is 10.7. The third-order valence-corrected chi connectivity index (χ3v) is 2.17. The molecule has 0 saturated heterocycles. The molecule has 0 N–H and O–H groups in total. The van der Waals surface area contributed by atoms with Gasteiger partial charge < -0.3 is 4.90 Å². The molecule has 0 aliphatic heterocycles. The average molecular weight is 198 g/mol. The molecule has 0 saturated carbocycles. The van der Waals surface area contributed by atoms with Crippen LogP contribution in [0.1, 0.15) is 47.5 Å². The lowest BCUT2D eigenvalue weighted by Crippen LogP contribution is -2.40. The lowest BCUT2D eigenvalue weighted by molar-refractivity contribution is 0.367. The first-order valence-corrected chi connectivity index (χ1v) is 5.69. The number of aliphatic imine (C=N–C) groups is 1. The zero-order valence-electron chi connectivity index (χ0n) is 10.7. The van der Waals surface area contributed by atoms with Crippen LogP contribution in [-0.2, 0) is 0 Å². The first-order chi connectivity index (χ1) is 6.47. The molecule has 2 nitrogen and oxygen atoms in total. The van der Waals surface area contributed by atoms with Gasteiger partial charge in [0.05, 0.1) is 0 Å². The van der Waals surface area contributed by atoms with Crippen LogP contribution in [0, 0.1) is 5.41 Å². The largest absolute Gasteiger partial charge is 0.360 e. The Balaban J connectivity index is 4.60. The molecule has 0 bridgehead atoms. The van der Waals surface area contributed by atoms with E-state index in [0.717, 1.165) is 13.1 Å². The molecule has 0 atom stereocenters. The van der Waals surface area contributed by atoms with Gasteiger partial charge in [0.1, 0.15) is 5.84 Å². The van der Waals surface area contributed by atoms with Crippen molar-refractivity contribution >= 4 is 5.84 Å². The lowest BCUT2D eigenvalue weighted by atomic mass is 9.93. The zero-order chi connectivity index (χ0) is 11.2. The van der Waals surface area contributed by atoms with E-state index in [1.165, 1.54) is 18.7 Å². The molecular formula is C12H26N2. The SMILES string of the molecule is CCCN(CCC)C(=NC)C(C)(C)C. The molecule has 0 aromatic rings. The smallest absolute Gasteiger partial charge is 0.104 e. The Bertz CT molecular complexity index is 171. The van der Waals surface area contributed by atoms with E-state index >= 15 is 0 Å². The minimum absolute atomic E-state index is 0.166. The second-order valence-corrected chi connectivity index (χ2v) is 4.78. The van der Waals surface area contributed by atoms with Gasteiger partial charge in [-0.2, -0.15) is 0 Å². The van der Waals surface area contributed by atoms with Gasteiger partial charge in [0.15, 0.2) is 0 Å². The number of hydrogen-bond donors (Lipinski definition) is 0. The molecule has 0 unspecified atom stereocenters. The Hall–Kier alpha value is -0.530. The molecular weight excluding hydrogens is 172 g/mol. The van der Waals surface area contributed by atoms with Gasteiger partial charge in [0.2, 0.25) is 0 Å². The maximum absolute atomic E-state index is 4.44. The molecule has 0 aromatic heterocycles. The summed E-state index contributed by atoms with van der Waals surface area (Å²) in [5.74, 6) is 1.24. The van der Waals surface area contributed by atoms with Crippen molar-refractivity contribution in [2.45, 2.75) is 47.5 Å². The van der Waals surface area contributed by atoms with Crippen LogP contribution in [0.15, 0.2) is 4.99 Å². The summed E-state index contributed by atoms with van der Waals surface area (Å²) in [4.78, 5) is 6.86. The lowest BCUT2D eigenvalue weighted by Gasteiger charge is -2.33. The van der Waals surface area contributed by atoms with Crippen molar-refractivity contribution in [1.29, 1.82) is 0 Å². The maximum atomic E-state index is 4.44. The summed E-state index contributed by atoms with van der Waals surface area (Å²) in [7, 11) is 1.90. The summed E-state index contributed by atoms with van der Waals surface area (Å²) in [6.07, 6.45) is 2.38. The monoisotopic (exact) mass is 198 g/mol. The molecule has 14 heavy (non-hydrogen) atoms. The number of rotatable bonds is 4. The van der Waals surface area contributed by atoms with Gasteiger partial charge in [0.25, 0.3) is 0 Å². The topological polar surface area (TPSA) is 15.6 Å². The van der Waals surface area contributed by atoms with Crippen molar-refractivity contribution in [3.63, 3.8) is 0 Å². The molecule has 0 aliphatic rings. The highest BCUT2D eigenvalue weighted by Crippen LogP contribution is 2.19.